The summed E-state index contributed by atoms with van der Waals surface area (Å²) in [5, 5.41) is 0. The lowest BCUT2D eigenvalue weighted by Gasteiger charge is -2.05. The van der Waals surface area contributed by atoms with Gasteiger partial charge < -0.3 is 4.74 Å². The van der Waals surface area contributed by atoms with Gasteiger partial charge in [0.05, 0.1) is 0 Å². The molecular formula is C15H12F2O. The van der Waals surface area contributed by atoms with Gasteiger partial charge in [-0.05, 0) is 35.9 Å². The molecule has 0 unspecified atom stereocenters. The van der Waals surface area contributed by atoms with Gasteiger partial charge in [0.1, 0.15) is 11.5 Å². The van der Waals surface area contributed by atoms with Crippen molar-refractivity contribution in [3.8, 4) is 11.5 Å². The van der Waals surface area contributed by atoms with Gasteiger partial charge in [-0.2, -0.15) is 0 Å². The molecule has 0 saturated heterocycles. The number of para-hydroxylation sites is 1. The molecule has 0 aromatic heterocycles. The van der Waals surface area contributed by atoms with Crippen LogP contribution < -0.4 is 4.74 Å². The fourth-order valence-electron chi connectivity index (χ4n) is 1.46. The van der Waals surface area contributed by atoms with E-state index < -0.39 is 6.43 Å². The van der Waals surface area contributed by atoms with E-state index in [9.17, 15) is 8.78 Å². The van der Waals surface area contributed by atoms with Gasteiger partial charge in [0.25, 0.3) is 6.43 Å². The Morgan fingerprint density at radius 1 is 0.833 bits per heavy atom. The fourth-order valence-corrected chi connectivity index (χ4v) is 1.46. The summed E-state index contributed by atoms with van der Waals surface area (Å²) < 4.78 is 29.5. The predicted octanol–water partition coefficient (Wildman–Crippen LogP) is 4.76. The van der Waals surface area contributed by atoms with E-state index in [1.165, 1.54) is 6.08 Å². The smallest absolute Gasteiger partial charge is 0.257 e. The molecule has 3 heteroatoms. The molecule has 0 aliphatic heterocycles. The number of rotatable bonds is 4. The van der Waals surface area contributed by atoms with E-state index in [1.807, 2.05) is 30.3 Å². The van der Waals surface area contributed by atoms with Crippen molar-refractivity contribution in [2.24, 2.45) is 0 Å². The minimum atomic E-state index is -2.43. The van der Waals surface area contributed by atoms with Crippen molar-refractivity contribution in [1.82, 2.24) is 0 Å². The van der Waals surface area contributed by atoms with Gasteiger partial charge in [0.15, 0.2) is 0 Å². The summed E-state index contributed by atoms with van der Waals surface area (Å²) in [6.07, 6.45) is -0.186. The molecule has 0 saturated carbocycles. The lowest BCUT2D eigenvalue weighted by molar-refractivity contribution is 0.205. The molecule has 2 aromatic carbocycles. The Morgan fingerprint density at radius 2 is 1.44 bits per heavy atom. The van der Waals surface area contributed by atoms with Gasteiger partial charge >= 0.3 is 0 Å². The third-order valence-corrected chi connectivity index (χ3v) is 2.29. The van der Waals surface area contributed by atoms with Crippen LogP contribution in [0.1, 0.15) is 5.56 Å². The molecule has 2 aromatic rings. The van der Waals surface area contributed by atoms with E-state index in [0.29, 0.717) is 5.75 Å². The first kappa shape index (κ1) is 12.3. The summed E-state index contributed by atoms with van der Waals surface area (Å²) in [7, 11) is 0. The van der Waals surface area contributed by atoms with Gasteiger partial charge in [-0.3, -0.25) is 0 Å². The van der Waals surface area contributed by atoms with Crippen LogP contribution in [-0.4, -0.2) is 6.43 Å². The number of allylic oxidation sites excluding steroid dienone is 1. The number of hydrogen-bond donors (Lipinski definition) is 0. The number of hydrogen-bond acceptors (Lipinski definition) is 1. The van der Waals surface area contributed by atoms with Gasteiger partial charge in [0, 0.05) is 0 Å². The SMILES string of the molecule is FC(F)C=Cc1ccc(Oc2ccccc2)cc1. The third-order valence-electron chi connectivity index (χ3n) is 2.29. The van der Waals surface area contributed by atoms with Crippen LogP contribution in [0.25, 0.3) is 6.08 Å². The quantitative estimate of drug-likeness (QED) is 0.755. The largest absolute Gasteiger partial charge is 0.457 e. The summed E-state index contributed by atoms with van der Waals surface area (Å²) in [5.74, 6) is 1.42. The Kier molecular flexibility index (Phi) is 4.07. The van der Waals surface area contributed by atoms with Crippen molar-refractivity contribution in [3.63, 3.8) is 0 Å². The summed E-state index contributed by atoms with van der Waals surface area (Å²) in [6, 6.07) is 16.3. The van der Waals surface area contributed by atoms with Crippen LogP contribution in [0.2, 0.25) is 0 Å². The molecule has 0 bridgehead atoms. The molecule has 0 atom stereocenters. The Morgan fingerprint density at radius 3 is 2.06 bits per heavy atom. The van der Waals surface area contributed by atoms with Crippen molar-refractivity contribution in [3.05, 3.63) is 66.2 Å². The molecule has 0 heterocycles. The van der Waals surface area contributed by atoms with Gasteiger partial charge in [-0.25, -0.2) is 8.78 Å². The highest BCUT2D eigenvalue weighted by Gasteiger charge is 1.97. The number of alkyl halides is 2. The highest BCUT2D eigenvalue weighted by molar-refractivity contribution is 5.51. The van der Waals surface area contributed by atoms with E-state index in [-0.39, 0.29) is 0 Å². The minimum absolute atomic E-state index is 0.676. The topological polar surface area (TPSA) is 9.23 Å². The molecular weight excluding hydrogens is 234 g/mol. The van der Waals surface area contributed by atoms with Crippen LogP contribution in [0.15, 0.2) is 60.7 Å². The standard InChI is InChI=1S/C15H12F2O/c16-15(17)11-8-12-6-9-14(10-7-12)18-13-4-2-1-3-5-13/h1-11,15H. The second kappa shape index (κ2) is 5.96. The van der Waals surface area contributed by atoms with Gasteiger partial charge in [0.2, 0.25) is 0 Å². The van der Waals surface area contributed by atoms with E-state index in [1.54, 1.807) is 24.3 Å². The zero-order chi connectivity index (χ0) is 12.8. The van der Waals surface area contributed by atoms with Crippen LogP contribution >= 0.6 is 0 Å². The number of benzene rings is 2. The van der Waals surface area contributed by atoms with Crippen molar-refractivity contribution in [2.75, 3.05) is 0 Å². The van der Waals surface area contributed by atoms with Crippen molar-refractivity contribution < 1.29 is 13.5 Å². The molecule has 18 heavy (non-hydrogen) atoms. The third kappa shape index (κ3) is 3.70. The maximum Gasteiger partial charge on any atom is 0.257 e. The summed E-state index contributed by atoms with van der Waals surface area (Å²) in [6.45, 7) is 0. The van der Waals surface area contributed by atoms with Crippen LogP contribution in [0.4, 0.5) is 8.78 Å². The highest BCUT2D eigenvalue weighted by Crippen LogP contribution is 2.21. The van der Waals surface area contributed by atoms with E-state index in [0.717, 1.165) is 17.4 Å². The summed E-state index contributed by atoms with van der Waals surface area (Å²) in [4.78, 5) is 0. The van der Waals surface area contributed by atoms with E-state index in [2.05, 4.69) is 0 Å². The van der Waals surface area contributed by atoms with E-state index in [4.69, 9.17) is 4.74 Å². The van der Waals surface area contributed by atoms with E-state index >= 15 is 0 Å². The molecule has 0 spiro atoms. The maximum atomic E-state index is 12.0. The average molecular weight is 246 g/mol. The van der Waals surface area contributed by atoms with Crippen molar-refractivity contribution in [2.45, 2.75) is 6.43 Å². The summed E-state index contributed by atoms with van der Waals surface area (Å²) in [5.41, 5.74) is 0.718. The molecule has 0 radical (unpaired) electrons. The molecule has 0 amide bonds. The van der Waals surface area contributed by atoms with Crippen molar-refractivity contribution >= 4 is 6.08 Å². The summed E-state index contributed by atoms with van der Waals surface area (Å²) >= 11 is 0. The number of halogens is 2. The molecule has 0 aliphatic carbocycles. The lowest BCUT2D eigenvalue weighted by atomic mass is 10.2. The zero-order valence-electron chi connectivity index (χ0n) is 9.59. The molecule has 0 fully saturated rings. The fraction of sp³-hybridized carbons (Fsp3) is 0.0667. The Labute approximate surface area is 104 Å². The monoisotopic (exact) mass is 246 g/mol. The van der Waals surface area contributed by atoms with Gasteiger partial charge in [-0.15, -0.1) is 0 Å². The highest BCUT2D eigenvalue weighted by atomic mass is 19.3. The van der Waals surface area contributed by atoms with Gasteiger partial charge in [-0.1, -0.05) is 36.4 Å². The van der Waals surface area contributed by atoms with Crippen LogP contribution in [0, 0.1) is 0 Å². The Balaban J connectivity index is 2.04. The molecule has 1 nitrogen and oxygen atoms in total. The Bertz CT molecular complexity index is 504. The average Bonchev–Trinajstić information content (AvgIpc) is 2.39. The lowest BCUT2D eigenvalue weighted by Crippen LogP contribution is -1.84. The first-order valence-corrected chi connectivity index (χ1v) is 5.53. The first-order valence-electron chi connectivity index (χ1n) is 5.53. The minimum Gasteiger partial charge on any atom is -0.457 e. The Hall–Kier alpha value is -2.16. The van der Waals surface area contributed by atoms with Crippen LogP contribution in [0.5, 0.6) is 11.5 Å². The zero-order valence-corrected chi connectivity index (χ0v) is 9.59. The van der Waals surface area contributed by atoms with Crippen LogP contribution in [-0.2, 0) is 0 Å². The molecule has 0 N–H and O–H groups in total. The first-order chi connectivity index (χ1) is 8.74. The second-order valence-corrected chi connectivity index (χ2v) is 3.68. The van der Waals surface area contributed by atoms with Crippen LogP contribution in [0.3, 0.4) is 0 Å². The number of ether oxygens (including phenoxy) is 1. The maximum absolute atomic E-state index is 12.0. The molecule has 92 valence electrons. The normalized spacial score (nSPS) is 11.1. The molecule has 0 aliphatic rings. The second-order valence-electron chi connectivity index (χ2n) is 3.68. The predicted molar refractivity (Wildman–Crippen MR) is 68.0 cm³/mol. The van der Waals surface area contributed by atoms with Crippen molar-refractivity contribution in [1.29, 1.82) is 0 Å². The molecule has 2 rings (SSSR count).